The molecular formula is C55H103NO10. The second-order valence-corrected chi connectivity index (χ2v) is 19.3. The van der Waals surface area contributed by atoms with Gasteiger partial charge < -0.3 is 50.5 Å². The smallest absolute Gasteiger partial charge is 0.249 e. The van der Waals surface area contributed by atoms with Crippen molar-refractivity contribution < 1.29 is 50.0 Å². The quantitative estimate of drug-likeness (QED) is 0.0215. The maximum absolute atomic E-state index is 13.1. The first-order chi connectivity index (χ1) is 32.2. The van der Waals surface area contributed by atoms with Gasteiger partial charge in [-0.05, 0) is 64.2 Å². The van der Waals surface area contributed by atoms with E-state index in [1.165, 1.54) is 148 Å². The third-order valence-electron chi connectivity index (χ3n) is 13.2. The van der Waals surface area contributed by atoms with Gasteiger partial charge in [-0.2, -0.15) is 0 Å². The van der Waals surface area contributed by atoms with E-state index < -0.39 is 74.2 Å². The summed E-state index contributed by atoms with van der Waals surface area (Å²) in [5, 5.41) is 76.0. The fourth-order valence-corrected chi connectivity index (χ4v) is 8.65. The molecule has 0 radical (unpaired) electrons. The largest absolute Gasteiger partial charge is 0.394 e. The average molecular weight is 938 g/mol. The molecule has 1 fully saturated rings. The highest BCUT2D eigenvalue weighted by atomic mass is 16.7. The molecule has 1 heterocycles. The van der Waals surface area contributed by atoms with Crippen molar-refractivity contribution in [3.05, 3.63) is 36.5 Å². The normalized spacial score (nSPS) is 21.0. The maximum atomic E-state index is 13.1. The van der Waals surface area contributed by atoms with Crippen LogP contribution in [0.1, 0.15) is 239 Å². The second-order valence-electron chi connectivity index (χ2n) is 19.3. The second kappa shape index (κ2) is 44.5. The Morgan fingerprint density at radius 1 is 0.515 bits per heavy atom. The van der Waals surface area contributed by atoms with E-state index in [9.17, 15) is 40.5 Å². The highest BCUT2D eigenvalue weighted by molar-refractivity contribution is 5.80. The number of aliphatic hydroxyl groups excluding tert-OH is 7. The van der Waals surface area contributed by atoms with Crippen LogP contribution in [0, 0.1) is 0 Å². The van der Waals surface area contributed by atoms with Crippen LogP contribution in [0.15, 0.2) is 36.5 Å². The van der Waals surface area contributed by atoms with Gasteiger partial charge in [0.15, 0.2) is 6.29 Å². The monoisotopic (exact) mass is 938 g/mol. The van der Waals surface area contributed by atoms with E-state index in [2.05, 4.69) is 55.6 Å². The van der Waals surface area contributed by atoms with Crippen LogP contribution in [-0.4, -0.2) is 110 Å². The minimum atomic E-state index is -1.67. The molecule has 8 N–H and O–H groups in total. The number of unbranched alkanes of at least 4 members (excludes halogenated alkanes) is 28. The van der Waals surface area contributed by atoms with Crippen LogP contribution < -0.4 is 5.32 Å². The molecule has 0 bridgehead atoms. The van der Waals surface area contributed by atoms with E-state index in [-0.39, 0.29) is 12.8 Å². The Labute approximate surface area is 403 Å². The summed E-state index contributed by atoms with van der Waals surface area (Å²) in [6.07, 6.45) is 41.9. The van der Waals surface area contributed by atoms with Crippen molar-refractivity contribution in [3.63, 3.8) is 0 Å². The molecule has 9 atom stereocenters. The van der Waals surface area contributed by atoms with E-state index in [0.29, 0.717) is 19.3 Å². The van der Waals surface area contributed by atoms with Gasteiger partial charge in [-0.15, -0.1) is 0 Å². The first kappa shape index (κ1) is 62.3. The van der Waals surface area contributed by atoms with Crippen LogP contribution in [0.4, 0.5) is 0 Å². The first-order valence-corrected chi connectivity index (χ1v) is 27.4. The lowest BCUT2D eigenvalue weighted by Crippen LogP contribution is -2.60. The average Bonchev–Trinajstić information content (AvgIpc) is 3.32. The van der Waals surface area contributed by atoms with Crippen LogP contribution in [-0.2, 0) is 14.3 Å². The van der Waals surface area contributed by atoms with Crippen LogP contribution >= 0.6 is 0 Å². The Morgan fingerprint density at radius 3 is 1.35 bits per heavy atom. The minimum Gasteiger partial charge on any atom is -0.394 e. The zero-order valence-electron chi connectivity index (χ0n) is 42.2. The van der Waals surface area contributed by atoms with Gasteiger partial charge in [-0.1, -0.05) is 211 Å². The molecule has 0 aromatic rings. The molecule has 0 aromatic carbocycles. The molecule has 1 aliphatic rings. The molecule has 1 saturated heterocycles. The maximum Gasteiger partial charge on any atom is 0.249 e. The van der Waals surface area contributed by atoms with E-state index in [4.69, 9.17) is 9.47 Å². The number of hydrogen-bond donors (Lipinski definition) is 8. The molecule has 1 aliphatic heterocycles. The van der Waals surface area contributed by atoms with Gasteiger partial charge >= 0.3 is 0 Å². The first-order valence-electron chi connectivity index (χ1n) is 27.4. The summed E-state index contributed by atoms with van der Waals surface area (Å²) in [5.41, 5.74) is 0. The molecular weight excluding hydrogens is 835 g/mol. The number of aliphatic hydroxyl groups is 7. The van der Waals surface area contributed by atoms with Crippen molar-refractivity contribution in [1.82, 2.24) is 5.32 Å². The van der Waals surface area contributed by atoms with Crippen LogP contribution in [0.25, 0.3) is 0 Å². The lowest BCUT2D eigenvalue weighted by molar-refractivity contribution is -0.303. The molecule has 0 spiro atoms. The number of hydrogen-bond acceptors (Lipinski definition) is 10. The summed E-state index contributed by atoms with van der Waals surface area (Å²) in [5.74, 6) is -0.710. The predicted molar refractivity (Wildman–Crippen MR) is 270 cm³/mol. The number of carbonyl (C=O) groups is 1. The lowest BCUT2D eigenvalue weighted by Gasteiger charge is -2.40. The van der Waals surface area contributed by atoms with Crippen molar-refractivity contribution in [2.75, 3.05) is 13.2 Å². The van der Waals surface area contributed by atoms with Gasteiger partial charge in [-0.3, -0.25) is 4.79 Å². The Morgan fingerprint density at radius 2 is 0.909 bits per heavy atom. The SMILES string of the molecule is CCCCCCCCC/C=C/CC/C=C/CC/C=C/CCCC(O)C(O)C(COC1OC(CO)C(O)C(O)C1O)NC(=O)C(O)CCCCCCCCCCCCCCCCCCCCC. The molecule has 11 heteroatoms. The Balaban J connectivity index is 2.39. The topological polar surface area (TPSA) is 189 Å². The summed E-state index contributed by atoms with van der Waals surface area (Å²) in [6, 6.07) is -1.19. The van der Waals surface area contributed by atoms with Crippen molar-refractivity contribution in [3.8, 4) is 0 Å². The number of ether oxygens (including phenoxy) is 2. The number of allylic oxidation sites excluding steroid dienone is 6. The fraction of sp³-hybridized carbons (Fsp3) is 0.873. The number of amides is 1. The van der Waals surface area contributed by atoms with Crippen LogP contribution in [0.3, 0.4) is 0 Å². The molecule has 1 amide bonds. The van der Waals surface area contributed by atoms with Crippen LogP contribution in [0.5, 0.6) is 0 Å². The predicted octanol–water partition coefficient (Wildman–Crippen LogP) is 10.7. The zero-order valence-corrected chi connectivity index (χ0v) is 42.2. The van der Waals surface area contributed by atoms with Crippen molar-refractivity contribution in [2.45, 2.75) is 294 Å². The Kier molecular flexibility index (Phi) is 42.1. The van der Waals surface area contributed by atoms with Crippen molar-refractivity contribution in [1.29, 1.82) is 0 Å². The molecule has 388 valence electrons. The highest BCUT2D eigenvalue weighted by Crippen LogP contribution is 2.23. The van der Waals surface area contributed by atoms with E-state index >= 15 is 0 Å². The van der Waals surface area contributed by atoms with E-state index in [1.807, 2.05) is 0 Å². The third-order valence-corrected chi connectivity index (χ3v) is 13.2. The van der Waals surface area contributed by atoms with Gasteiger partial charge in [0.25, 0.3) is 0 Å². The van der Waals surface area contributed by atoms with E-state index in [1.54, 1.807) is 0 Å². The minimum absolute atomic E-state index is 0.242. The zero-order chi connectivity index (χ0) is 48.3. The van der Waals surface area contributed by atoms with Crippen molar-refractivity contribution in [2.24, 2.45) is 0 Å². The third kappa shape index (κ3) is 33.0. The molecule has 0 aromatic heterocycles. The Hall–Kier alpha value is -1.67. The van der Waals surface area contributed by atoms with Gasteiger partial charge in [-0.25, -0.2) is 0 Å². The van der Waals surface area contributed by atoms with Crippen LogP contribution in [0.2, 0.25) is 0 Å². The fourth-order valence-electron chi connectivity index (χ4n) is 8.65. The molecule has 1 rings (SSSR count). The van der Waals surface area contributed by atoms with Gasteiger partial charge in [0.05, 0.1) is 25.4 Å². The molecule has 0 saturated carbocycles. The standard InChI is InChI=1S/C55H103NO10/c1-3-5-7-9-11-13-15-17-19-21-23-25-26-28-30-32-34-36-38-40-42-47(58)50(60)46(45-65-55-53(63)52(62)51(61)49(44-57)66-55)56-54(64)48(59)43-41-39-37-35-33-31-29-27-24-22-20-18-16-14-12-10-8-6-4-2/h19,21,26,28,34,36,46-53,55,57-63H,3-18,20,22-25,27,29-33,35,37-45H2,1-2H3,(H,56,64)/b21-19+,28-26+,36-34+. The summed E-state index contributed by atoms with van der Waals surface area (Å²) in [6.45, 7) is 3.44. The Bertz CT molecular complexity index is 1170. The van der Waals surface area contributed by atoms with Gasteiger partial charge in [0, 0.05) is 0 Å². The molecule has 11 nitrogen and oxygen atoms in total. The summed E-state index contributed by atoms with van der Waals surface area (Å²) in [4.78, 5) is 13.1. The molecule has 9 unspecified atom stereocenters. The lowest BCUT2D eigenvalue weighted by atomic mass is 9.98. The summed E-state index contributed by atoms with van der Waals surface area (Å²) >= 11 is 0. The number of nitrogens with one attached hydrogen (secondary N) is 1. The van der Waals surface area contributed by atoms with Gasteiger partial charge in [0.1, 0.15) is 36.6 Å². The molecule has 66 heavy (non-hydrogen) atoms. The molecule has 0 aliphatic carbocycles. The summed E-state index contributed by atoms with van der Waals surface area (Å²) in [7, 11) is 0. The number of rotatable bonds is 46. The van der Waals surface area contributed by atoms with Crippen molar-refractivity contribution >= 4 is 5.91 Å². The van der Waals surface area contributed by atoms with E-state index in [0.717, 1.165) is 44.9 Å². The highest BCUT2D eigenvalue weighted by Gasteiger charge is 2.44. The number of carbonyl (C=O) groups excluding carboxylic acids is 1. The summed E-state index contributed by atoms with van der Waals surface area (Å²) < 4.78 is 11.1. The van der Waals surface area contributed by atoms with Gasteiger partial charge in [0.2, 0.25) is 5.91 Å².